The van der Waals surface area contributed by atoms with Gasteiger partial charge in [-0.2, -0.15) is 0 Å². The molecule has 0 spiro atoms. The number of nitrogens with one attached hydrogen (secondary N) is 2. The third-order valence-corrected chi connectivity index (χ3v) is 3.67. The lowest BCUT2D eigenvalue weighted by molar-refractivity contribution is 0.800. The van der Waals surface area contributed by atoms with E-state index in [0.29, 0.717) is 5.11 Å². The molecule has 2 aromatic carbocycles. The Morgan fingerprint density at radius 3 is 2.52 bits per heavy atom. The third-order valence-electron chi connectivity index (χ3n) is 2.98. The Hall–Kier alpha value is -1.59. The summed E-state index contributed by atoms with van der Waals surface area (Å²) in [6, 6.07) is 16.2. The van der Waals surface area contributed by atoms with Crippen LogP contribution in [0, 0.1) is 6.92 Å². The van der Waals surface area contributed by atoms with E-state index in [0.717, 1.165) is 22.4 Å². The molecule has 2 rings (SSSR count). The fourth-order valence-electron chi connectivity index (χ4n) is 1.90. The lowest BCUT2D eigenvalue weighted by Crippen LogP contribution is -2.44. The van der Waals surface area contributed by atoms with Crippen LogP contribution in [0.1, 0.15) is 12.5 Å². The first-order chi connectivity index (χ1) is 10.1. The van der Waals surface area contributed by atoms with Crippen molar-refractivity contribution in [2.24, 2.45) is 0 Å². The molecule has 0 saturated heterocycles. The average molecular weight is 364 g/mol. The first kappa shape index (κ1) is 15.8. The van der Waals surface area contributed by atoms with Gasteiger partial charge in [0.1, 0.15) is 0 Å². The smallest absolute Gasteiger partial charge is 0.189 e. The number of hydrogen-bond acceptors (Lipinski definition) is 2. The lowest BCUT2D eigenvalue weighted by atomic mass is 10.2. The fourth-order valence-corrected chi connectivity index (χ4v) is 2.53. The number of nitrogens with zero attached hydrogens (tertiary/aromatic N) is 1. The van der Waals surface area contributed by atoms with Crippen LogP contribution in [0.5, 0.6) is 0 Å². The summed E-state index contributed by atoms with van der Waals surface area (Å²) < 4.78 is 1.01. The summed E-state index contributed by atoms with van der Waals surface area (Å²) in [5, 5.41) is 5.75. The standard InChI is InChI=1S/C16H18BrN3S/c1-3-20(15-9-7-12(2)8-10-15)19-16(21)18-14-6-4-5-13(17)11-14/h4-11H,3H2,1-2H3,(H2,18,19,21). The number of halogens is 1. The minimum Gasteiger partial charge on any atom is -0.331 e. The largest absolute Gasteiger partial charge is 0.331 e. The minimum atomic E-state index is 0.565. The van der Waals surface area contributed by atoms with Crippen LogP contribution in [0.2, 0.25) is 0 Å². The Morgan fingerprint density at radius 1 is 1.19 bits per heavy atom. The molecule has 2 aromatic rings. The lowest BCUT2D eigenvalue weighted by Gasteiger charge is -2.25. The summed E-state index contributed by atoms with van der Waals surface area (Å²) in [5.74, 6) is 0. The maximum absolute atomic E-state index is 5.37. The molecule has 0 aromatic heterocycles. The molecule has 0 bridgehead atoms. The highest BCUT2D eigenvalue weighted by molar-refractivity contribution is 9.10. The van der Waals surface area contributed by atoms with Crippen LogP contribution in [0.15, 0.2) is 53.0 Å². The molecule has 0 saturated carbocycles. The fraction of sp³-hybridized carbons (Fsp3) is 0.188. The van der Waals surface area contributed by atoms with Gasteiger partial charge in [-0.1, -0.05) is 39.7 Å². The van der Waals surface area contributed by atoms with Gasteiger partial charge in [0.2, 0.25) is 0 Å². The van der Waals surface area contributed by atoms with Crippen LogP contribution in [0.4, 0.5) is 11.4 Å². The van der Waals surface area contributed by atoms with E-state index in [4.69, 9.17) is 12.2 Å². The molecule has 0 unspecified atom stereocenters. The van der Waals surface area contributed by atoms with E-state index in [1.165, 1.54) is 5.56 Å². The van der Waals surface area contributed by atoms with E-state index in [9.17, 15) is 0 Å². The van der Waals surface area contributed by atoms with E-state index in [-0.39, 0.29) is 0 Å². The predicted molar refractivity (Wildman–Crippen MR) is 97.7 cm³/mol. The van der Waals surface area contributed by atoms with E-state index in [2.05, 4.69) is 64.8 Å². The zero-order valence-corrected chi connectivity index (χ0v) is 14.5. The number of hydrazine groups is 1. The van der Waals surface area contributed by atoms with Crippen molar-refractivity contribution in [3.8, 4) is 0 Å². The highest BCUT2D eigenvalue weighted by Gasteiger charge is 2.06. The monoisotopic (exact) mass is 363 g/mol. The summed E-state index contributed by atoms with van der Waals surface area (Å²) in [6.07, 6.45) is 0. The summed E-state index contributed by atoms with van der Waals surface area (Å²) in [4.78, 5) is 0. The van der Waals surface area contributed by atoms with Crippen molar-refractivity contribution in [3.63, 3.8) is 0 Å². The van der Waals surface area contributed by atoms with Gasteiger partial charge in [0.15, 0.2) is 5.11 Å². The number of aryl methyl sites for hydroxylation is 1. The zero-order chi connectivity index (χ0) is 15.2. The molecule has 0 heterocycles. The topological polar surface area (TPSA) is 27.3 Å². The maximum Gasteiger partial charge on any atom is 0.189 e. The van der Waals surface area contributed by atoms with E-state index in [1.54, 1.807) is 0 Å². The summed E-state index contributed by atoms with van der Waals surface area (Å²) in [6.45, 7) is 4.96. The van der Waals surface area contributed by atoms with Gasteiger partial charge in [0.25, 0.3) is 0 Å². The Balaban J connectivity index is 2.01. The molecular weight excluding hydrogens is 346 g/mol. The van der Waals surface area contributed by atoms with Gasteiger partial charge in [-0.05, 0) is 56.4 Å². The Kier molecular flexibility index (Phi) is 5.59. The second-order valence-electron chi connectivity index (χ2n) is 4.66. The van der Waals surface area contributed by atoms with Crippen molar-refractivity contribution in [1.29, 1.82) is 0 Å². The van der Waals surface area contributed by atoms with E-state index in [1.807, 2.05) is 29.3 Å². The van der Waals surface area contributed by atoms with Crippen molar-refractivity contribution < 1.29 is 0 Å². The van der Waals surface area contributed by atoms with Crippen LogP contribution >= 0.6 is 28.1 Å². The quantitative estimate of drug-likeness (QED) is 0.618. The second-order valence-corrected chi connectivity index (χ2v) is 5.98. The molecule has 3 nitrogen and oxygen atoms in total. The second kappa shape index (κ2) is 7.43. The molecule has 5 heteroatoms. The Labute approximate surface area is 139 Å². The van der Waals surface area contributed by atoms with Gasteiger partial charge < -0.3 is 5.32 Å². The van der Waals surface area contributed by atoms with Crippen molar-refractivity contribution in [2.75, 3.05) is 16.9 Å². The molecule has 0 aliphatic carbocycles. The summed E-state index contributed by atoms with van der Waals surface area (Å²) in [5.41, 5.74) is 6.48. The van der Waals surface area contributed by atoms with Crippen LogP contribution in [0.25, 0.3) is 0 Å². The van der Waals surface area contributed by atoms with E-state index >= 15 is 0 Å². The molecule has 0 fully saturated rings. The third kappa shape index (κ3) is 4.72. The van der Waals surface area contributed by atoms with Crippen LogP contribution in [0.3, 0.4) is 0 Å². The Bertz CT molecular complexity index is 613. The summed E-state index contributed by atoms with van der Waals surface area (Å²) in [7, 11) is 0. The normalized spacial score (nSPS) is 10.0. The molecule has 0 aliphatic rings. The molecule has 2 N–H and O–H groups in total. The van der Waals surface area contributed by atoms with Crippen molar-refractivity contribution in [3.05, 3.63) is 58.6 Å². The number of benzene rings is 2. The number of hydrogen-bond donors (Lipinski definition) is 2. The van der Waals surface area contributed by atoms with Crippen molar-refractivity contribution in [1.82, 2.24) is 5.43 Å². The summed E-state index contributed by atoms with van der Waals surface area (Å²) >= 11 is 8.81. The number of thiocarbonyl (C=S) groups is 1. The SMILES string of the molecule is CCN(NC(=S)Nc1cccc(Br)c1)c1ccc(C)cc1. The van der Waals surface area contributed by atoms with E-state index < -0.39 is 0 Å². The highest BCUT2D eigenvalue weighted by atomic mass is 79.9. The van der Waals surface area contributed by atoms with Crippen LogP contribution in [-0.4, -0.2) is 11.7 Å². The highest BCUT2D eigenvalue weighted by Crippen LogP contribution is 2.16. The molecule has 110 valence electrons. The molecule has 21 heavy (non-hydrogen) atoms. The first-order valence-electron chi connectivity index (χ1n) is 6.76. The van der Waals surface area contributed by atoms with Gasteiger partial charge in [0.05, 0.1) is 5.69 Å². The van der Waals surface area contributed by atoms with Crippen molar-refractivity contribution >= 4 is 44.6 Å². The van der Waals surface area contributed by atoms with Gasteiger partial charge in [-0.3, -0.25) is 10.4 Å². The maximum atomic E-state index is 5.37. The van der Waals surface area contributed by atoms with Crippen LogP contribution in [-0.2, 0) is 0 Å². The Morgan fingerprint density at radius 2 is 1.90 bits per heavy atom. The number of rotatable bonds is 4. The molecule has 0 aliphatic heterocycles. The minimum absolute atomic E-state index is 0.565. The van der Waals surface area contributed by atoms with Gasteiger partial charge in [-0.15, -0.1) is 0 Å². The molecule has 0 amide bonds. The van der Waals surface area contributed by atoms with Gasteiger partial charge in [-0.25, -0.2) is 0 Å². The van der Waals surface area contributed by atoms with Gasteiger partial charge >= 0.3 is 0 Å². The predicted octanol–water partition coefficient (Wildman–Crippen LogP) is 4.49. The number of anilines is 2. The zero-order valence-electron chi connectivity index (χ0n) is 12.1. The van der Waals surface area contributed by atoms with Gasteiger partial charge in [0, 0.05) is 16.7 Å². The molecule has 0 atom stereocenters. The van der Waals surface area contributed by atoms with Crippen LogP contribution < -0.4 is 15.8 Å². The van der Waals surface area contributed by atoms with Crippen molar-refractivity contribution in [2.45, 2.75) is 13.8 Å². The average Bonchev–Trinajstić information content (AvgIpc) is 2.46. The molecule has 0 radical (unpaired) electrons. The molecular formula is C16H18BrN3S. The first-order valence-corrected chi connectivity index (χ1v) is 7.96.